The van der Waals surface area contributed by atoms with Crippen LogP contribution < -0.4 is 5.32 Å². The smallest absolute Gasteiger partial charge is 0.329 e. The Morgan fingerprint density at radius 3 is 2.54 bits per heavy atom. The molecule has 2 N–H and O–H groups in total. The van der Waals surface area contributed by atoms with Crippen LogP contribution in [0.2, 0.25) is 0 Å². The van der Waals surface area contributed by atoms with Gasteiger partial charge in [-0.15, -0.1) is 0 Å². The largest absolute Gasteiger partial charge is 0.480 e. The zero-order chi connectivity index (χ0) is 20.5. The number of aryl methyl sites for hydroxylation is 2. The highest BCUT2D eigenvalue weighted by Gasteiger charge is 2.35. The highest BCUT2D eigenvalue weighted by Crippen LogP contribution is 2.27. The van der Waals surface area contributed by atoms with Crippen LogP contribution in [0.1, 0.15) is 42.7 Å². The second-order valence-corrected chi connectivity index (χ2v) is 7.17. The number of carboxylic acid groups (broad SMARTS) is 1. The Labute approximate surface area is 163 Å². The van der Waals surface area contributed by atoms with Crippen LogP contribution in [-0.2, 0) is 11.8 Å². The van der Waals surface area contributed by atoms with Crippen LogP contribution in [0.3, 0.4) is 0 Å². The van der Waals surface area contributed by atoms with Crippen molar-refractivity contribution in [3.05, 3.63) is 47.7 Å². The summed E-state index contributed by atoms with van der Waals surface area (Å²) in [6.45, 7) is 5.23. The number of fused-ring (bicyclic) bond motifs is 1. The molecule has 7 nitrogen and oxygen atoms in total. The number of carbonyl (C=O) groups excluding carboxylic acids is 1. The van der Waals surface area contributed by atoms with E-state index in [9.17, 15) is 14.7 Å². The van der Waals surface area contributed by atoms with Gasteiger partial charge >= 0.3 is 5.97 Å². The first kappa shape index (κ1) is 19.5. The van der Waals surface area contributed by atoms with Crippen molar-refractivity contribution in [1.82, 2.24) is 20.1 Å². The van der Waals surface area contributed by atoms with E-state index in [0.717, 1.165) is 5.56 Å². The van der Waals surface area contributed by atoms with Crippen molar-refractivity contribution in [2.45, 2.75) is 39.2 Å². The topological polar surface area (TPSA) is 97.1 Å². The Balaban J connectivity index is 2.16. The van der Waals surface area contributed by atoms with Crippen LogP contribution in [0, 0.1) is 6.92 Å². The SMILES string of the molecule is CCCC(C)(NC(=O)c1cc(-c2ccccc2)nc2c1c(C)nn2C)C(=O)O. The van der Waals surface area contributed by atoms with Gasteiger partial charge in [0.25, 0.3) is 5.91 Å². The number of aromatic nitrogens is 3. The Hall–Kier alpha value is -3.22. The fraction of sp³-hybridized carbons (Fsp3) is 0.333. The normalized spacial score (nSPS) is 13.3. The van der Waals surface area contributed by atoms with E-state index in [1.54, 1.807) is 17.8 Å². The molecule has 1 atom stereocenters. The van der Waals surface area contributed by atoms with Crippen LogP contribution >= 0.6 is 0 Å². The third kappa shape index (κ3) is 3.47. The molecule has 146 valence electrons. The number of carboxylic acids is 1. The number of nitrogens with zero attached hydrogens (tertiary/aromatic N) is 3. The lowest BCUT2D eigenvalue weighted by molar-refractivity contribution is -0.144. The minimum absolute atomic E-state index is 0.333. The molecule has 0 saturated carbocycles. The molecule has 0 aliphatic rings. The molecule has 2 aromatic heterocycles. The van der Waals surface area contributed by atoms with E-state index in [-0.39, 0.29) is 0 Å². The van der Waals surface area contributed by atoms with Gasteiger partial charge in [0, 0.05) is 12.6 Å². The molecule has 7 heteroatoms. The van der Waals surface area contributed by atoms with Gasteiger partial charge in [-0.1, -0.05) is 43.7 Å². The van der Waals surface area contributed by atoms with Crippen LogP contribution in [0.5, 0.6) is 0 Å². The van der Waals surface area contributed by atoms with Crippen LogP contribution in [-0.4, -0.2) is 37.3 Å². The van der Waals surface area contributed by atoms with E-state index < -0.39 is 17.4 Å². The summed E-state index contributed by atoms with van der Waals surface area (Å²) in [4.78, 5) is 29.6. The predicted octanol–water partition coefficient (Wildman–Crippen LogP) is 3.32. The monoisotopic (exact) mass is 380 g/mol. The van der Waals surface area contributed by atoms with Gasteiger partial charge in [-0.25, -0.2) is 9.78 Å². The number of rotatable bonds is 6. The molecule has 0 saturated heterocycles. The summed E-state index contributed by atoms with van der Waals surface area (Å²) >= 11 is 0. The van der Waals surface area contributed by atoms with Gasteiger partial charge in [0.1, 0.15) is 5.54 Å². The molecule has 1 amide bonds. The highest BCUT2D eigenvalue weighted by atomic mass is 16.4. The Kier molecular flexibility index (Phi) is 5.18. The summed E-state index contributed by atoms with van der Waals surface area (Å²) < 4.78 is 1.64. The highest BCUT2D eigenvalue weighted by molar-refractivity contribution is 6.08. The van der Waals surface area contributed by atoms with Crippen molar-refractivity contribution in [3.8, 4) is 11.3 Å². The first-order valence-corrected chi connectivity index (χ1v) is 9.22. The van der Waals surface area contributed by atoms with Gasteiger partial charge in [-0.2, -0.15) is 5.10 Å². The number of pyridine rings is 1. The number of aliphatic carboxylic acids is 1. The van der Waals surface area contributed by atoms with Crippen molar-refractivity contribution in [2.75, 3.05) is 0 Å². The molecule has 0 bridgehead atoms. The molecule has 28 heavy (non-hydrogen) atoms. The molecule has 2 heterocycles. The summed E-state index contributed by atoms with van der Waals surface area (Å²) in [6, 6.07) is 11.2. The molecule has 0 radical (unpaired) electrons. The quantitative estimate of drug-likeness (QED) is 0.684. The Morgan fingerprint density at radius 1 is 1.25 bits per heavy atom. The third-order valence-corrected chi connectivity index (χ3v) is 4.89. The first-order chi connectivity index (χ1) is 13.3. The number of benzene rings is 1. The molecule has 0 fully saturated rings. The predicted molar refractivity (Wildman–Crippen MR) is 107 cm³/mol. The number of amides is 1. The fourth-order valence-corrected chi connectivity index (χ4v) is 3.42. The molecule has 1 unspecified atom stereocenters. The summed E-state index contributed by atoms with van der Waals surface area (Å²) in [6.07, 6.45) is 0.968. The Morgan fingerprint density at radius 2 is 1.93 bits per heavy atom. The lowest BCUT2D eigenvalue weighted by atomic mass is 9.95. The average Bonchev–Trinajstić information content (AvgIpc) is 2.95. The van der Waals surface area contributed by atoms with Gasteiger partial charge < -0.3 is 10.4 Å². The molecule has 0 aliphatic carbocycles. The molecular formula is C21H24N4O3. The third-order valence-electron chi connectivity index (χ3n) is 4.89. The zero-order valence-corrected chi connectivity index (χ0v) is 16.5. The number of hydrogen-bond acceptors (Lipinski definition) is 4. The molecule has 3 aromatic rings. The zero-order valence-electron chi connectivity index (χ0n) is 16.5. The van der Waals surface area contributed by atoms with E-state index in [4.69, 9.17) is 0 Å². The van der Waals surface area contributed by atoms with Crippen LogP contribution in [0.25, 0.3) is 22.3 Å². The minimum atomic E-state index is -1.34. The lowest BCUT2D eigenvalue weighted by Gasteiger charge is -2.26. The number of carbonyl (C=O) groups is 2. The van der Waals surface area contributed by atoms with Crippen LogP contribution in [0.15, 0.2) is 36.4 Å². The summed E-state index contributed by atoms with van der Waals surface area (Å²) in [5.41, 5.74) is 1.78. The standard InChI is InChI=1S/C21H24N4O3/c1-5-11-21(3,20(27)28)23-19(26)15-12-16(14-9-7-6-8-10-14)22-18-17(15)13(2)24-25(18)4/h6-10,12H,5,11H2,1-4H3,(H,23,26)(H,27,28). The van der Waals surface area contributed by atoms with E-state index in [1.807, 2.05) is 44.2 Å². The summed E-state index contributed by atoms with van der Waals surface area (Å²) in [5, 5.41) is 17.4. The van der Waals surface area contributed by atoms with Crippen molar-refractivity contribution >= 4 is 22.9 Å². The van der Waals surface area contributed by atoms with Crippen molar-refractivity contribution in [1.29, 1.82) is 0 Å². The maximum atomic E-state index is 13.2. The number of nitrogens with one attached hydrogen (secondary N) is 1. The van der Waals surface area contributed by atoms with Gasteiger partial charge in [0.05, 0.1) is 22.3 Å². The Bertz CT molecular complexity index is 1040. The fourth-order valence-electron chi connectivity index (χ4n) is 3.42. The molecular weight excluding hydrogens is 356 g/mol. The van der Waals surface area contributed by atoms with Gasteiger partial charge in [-0.3, -0.25) is 9.48 Å². The van der Waals surface area contributed by atoms with Crippen molar-refractivity contribution in [2.24, 2.45) is 7.05 Å². The van der Waals surface area contributed by atoms with Gasteiger partial charge in [0.15, 0.2) is 5.65 Å². The van der Waals surface area contributed by atoms with Crippen molar-refractivity contribution in [3.63, 3.8) is 0 Å². The van der Waals surface area contributed by atoms with E-state index >= 15 is 0 Å². The van der Waals surface area contributed by atoms with Gasteiger partial charge in [0.2, 0.25) is 0 Å². The van der Waals surface area contributed by atoms with E-state index in [0.29, 0.717) is 40.8 Å². The van der Waals surface area contributed by atoms with Crippen molar-refractivity contribution < 1.29 is 14.7 Å². The minimum Gasteiger partial charge on any atom is -0.480 e. The maximum absolute atomic E-state index is 13.2. The second kappa shape index (κ2) is 7.42. The summed E-state index contributed by atoms with van der Waals surface area (Å²) in [7, 11) is 1.78. The number of hydrogen-bond donors (Lipinski definition) is 2. The van der Waals surface area contributed by atoms with E-state index in [2.05, 4.69) is 15.4 Å². The van der Waals surface area contributed by atoms with Gasteiger partial charge in [-0.05, 0) is 26.3 Å². The average molecular weight is 380 g/mol. The lowest BCUT2D eigenvalue weighted by Crippen LogP contribution is -2.52. The second-order valence-electron chi connectivity index (χ2n) is 7.17. The van der Waals surface area contributed by atoms with E-state index in [1.165, 1.54) is 6.92 Å². The molecule has 0 spiro atoms. The summed E-state index contributed by atoms with van der Waals surface area (Å²) in [5.74, 6) is -1.50. The van der Waals surface area contributed by atoms with Crippen LogP contribution in [0.4, 0.5) is 0 Å². The molecule has 0 aliphatic heterocycles. The maximum Gasteiger partial charge on any atom is 0.329 e. The molecule has 3 rings (SSSR count). The molecule has 1 aromatic carbocycles. The first-order valence-electron chi connectivity index (χ1n) is 9.22.